The summed E-state index contributed by atoms with van der Waals surface area (Å²) in [6.07, 6.45) is 2.90. The van der Waals surface area contributed by atoms with Crippen LogP contribution < -0.4 is 9.62 Å². The van der Waals surface area contributed by atoms with Gasteiger partial charge < -0.3 is 10.2 Å². The molecular weight excluding hydrogens is 516 g/mol. The lowest BCUT2D eigenvalue weighted by atomic mass is 10.1. The number of anilines is 1. The topological polar surface area (TPSA) is 86.8 Å². The van der Waals surface area contributed by atoms with Gasteiger partial charge >= 0.3 is 0 Å². The molecule has 2 amide bonds. The van der Waals surface area contributed by atoms with Crippen molar-refractivity contribution in [3.63, 3.8) is 0 Å². The van der Waals surface area contributed by atoms with Gasteiger partial charge in [0.05, 0.1) is 22.0 Å². The van der Waals surface area contributed by atoms with Crippen LogP contribution in [0.15, 0.2) is 42.5 Å². The summed E-state index contributed by atoms with van der Waals surface area (Å²) in [6.45, 7) is 3.60. The highest BCUT2D eigenvalue weighted by Crippen LogP contribution is 2.25. The molecule has 0 aliphatic rings. The Balaban J connectivity index is 2.42. The van der Waals surface area contributed by atoms with Crippen LogP contribution in [0.2, 0.25) is 10.0 Å². The zero-order chi connectivity index (χ0) is 26.2. The van der Waals surface area contributed by atoms with E-state index in [1.807, 2.05) is 6.92 Å². The molecule has 0 aliphatic heterocycles. The first-order valence-corrected chi connectivity index (χ1v) is 13.8. The van der Waals surface area contributed by atoms with Gasteiger partial charge in [-0.05, 0) is 48.7 Å². The van der Waals surface area contributed by atoms with Gasteiger partial charge in [0.1, 0.15) is 18.4 Å². The Morgan fingerprint density at radius 3 is 2.37 bits per heavy atom. The third-order valence-corrected chi connectivity index (χ3v) is 7.21. The number of nitrogens with zero attached hydrogens (tertiary/aromatic N) is 2. The quantitative estimate of drug-likeness (QED) is 0.394. The van der Waals surface area contributed by atoms with E-state index in [0.29, 0.717) is 23.6 Å². The van der Waals surface area contributed by atoms with Gasteiger partial charge in [-0.15, -0.1) is 0 Å². The second-order valence-electron chi connectivity index (χ2n) is 8.09. The highest BCUT2D eigenvalue weighted by atomic mass is 35.5. The molecule has 192 valence electrons. The van der Waals surface area contributed by atoms with Gasteiger partial charge in [-0.3, -0.25) is 13.9 Å². The molecule has 2 aromatic carbocycles. The predicted octanol–water partition coefficient (Wildman–Crippen LogP) is 4.62. The molecule has 0 bridgehead atoms. The molecule has 1 atom stereocenters. The molecule has 0 unspecified atom stereocenters. The van der Waals surface area contributed by atoms with Gasteiger partial charge in [0.15, 0.2) is 0 Å². The van der Waals surface area contributed by atoms with Crippen molar-refractivity contribution in [2.75, 3.05) is 23.7 Å². The van der Waals surface area contributed by atoms with Crippen molar-refractivity contribution in [1.29, 1.82) is 0 Å². The first kappa shape index (κ1) is 28.9. The molecule has 0 fully saturated rings. The fraction of sp³-hybridized carbons (Fsp3) is 0.417. The summed E-state index contributed by atoms with van der Waals surface area (Å²) < 4.78 is 39.7. The number of benzene rings is 2. The SMILES string of the molecule is CCCCNC(=O)[C@H](CC)N(Cc1ccc(Cl)c(Cl)c1)C(=O)CN(c1cccc(F)c1)S(C)(=O)=O. The number of nitrogens with one attached hydrogen (secondary N) is 1. The minimum atomic E-state index is -3.94. The Hall–Kier alpha value is -2.36. The number of carbonyl (C=O) groups excluding carboxylic acids is 2. The Kier molecular flexibility index (Phi) is 10.8. The number of amides is 2. The minimum Gasteiger partial charge on any atom is -0.354 e. The van der Waals surface area contributed by atoms with Crippen LogP contribution in [0, 0.1) is 5.82 Å². The average Bonchev–Trinajstić information content (AvgIpc) is 2.79. The number of carbonyl (C=O) groups is 2. The van der Waals surface area contributed by atoms with Gasteiger partial charge in [0.2, 0.25) is 21.8 Å². The summed E-state index contributed by atoms with van der Waals surface area (Å²) in [5.41, 5.74) is 0.625. The van der Waals surface area contributed by atoms with Gasteiger partial charge in [0, 0.05) is 13.1 Å². The molecule has 1 N–H and O–H groups in total. The molecule has 2 aromatic rings. The van der Waals surface area contributed by atoms with E-state index in [2.05, 4.69) is 5.32 Å². The van der Waals surface area contributed by atoms with Crippen LogP contribution in [0.25, 0.3) is 0 Å². The Morgan fingerprint density at radius 2 is 1.80 bits per heavy atom. The molecule has 11 heteroatoms. The van der Waals surface area contributed by atoms with Gasteiger partial charge in [-0.2, -0.15) is 0 Å². The number of sulfonamides is 1. The number of unbranched alkanes of at least 4 members (excludes halogenated alkanes) is 1. The number of rotatable bonds is 12. The van der Waals surface area contributed by atoms with Crippen LogP contribution in [-0.2, 0) is 26.2 Å². The maximum atomic E-state index is 13.8. The number of halogens is 3. The minimum absolute atomic E-state index is 0.00379. The second kappa shape index (κ2) is 13.1. The largest absolute Gasteiger partial charge is 0.354 e. The standard InChI is InChI=1S/C24H30Cl2FN3O4S/c1-4-6-12-28-24(32)22(5-2)29(15-17-10-11-20(25)21(26)13-17)23(31)16-30(35(3,33)34)19-9-7-8-18(27)14-19/h7-11,13-14,22H,4-6,12,15-16H2,1-3H3,(H,28,32)/t22-/m0/s1. The zero-order valence-corrected chi connectivity index (χ0v) is 22.3. The van der Waals surface area contributed by atoms with Crippen molar-refractivity contribution in [2.24, 2.45) is 0 Å². The Morgan fingerprint density at radius 1 is 1.09 bits per heavy atom. The van der Waals surface area contributed by atoms with Crippen LogP contribution >= 0.6 is 23.2 Å². The Bertz CT molecular complexity index is 1150. The van der Waals surface area contributed by atoms with E-state index in [-0.39, 0.29) is 23.2 Å². The van der Waals surface area contributed by atoms with Gasteiger partial charge in [-0.1, -0.05) is 55.6 Å². The smallest absolute Gasteiger partial charge is 0.244 e. The summed E-state index contributed by atoms with van der Waals surface area (Å²) in [5, 5.41) is 3.46. The maximum absolute atomic E-state index is 13.8. The highest BCUT2D eigenvalue weighted by Gasteiger charge is 2.31. The fourth-order valence-electron chi connectivity index (χ4n) is 3.51. The van der Waals surface area contributed by atoms with Gasteiger partial charge in [-0.25, -0.2) is 12.8 Å². The number of hydrogen-bond donors (Lipinski definition) is 1. The van der Waals surface area contributed by atoms with E-state index in [9.17, 15) is 22.4 Å². The highest BCUT2D eigenvalue weighted by molar-refractivity contribution is 7.92. The molecule has 2 rings (SSSR count). The third-order valence-electron chi connectivity index (χ3n) is 5.33. The summed E-state index contributed by atoms with van der Waals surface area (Å²) in [5.74, 6) is -1.60. The second-order valence-corrected chi connectivity index (χ2v) is 10.8. The first-order chi connectivity index (χ1) is 16.5. The van der Waals surface area contributed by atoms with E-state index in [0.717, 1.165) is 29.5 Å². The maximum Gasteiger partial charge on any atom is 0.244 e. The van der Waals surface area contributed by atoms with E-state index in [4.69, 9.17) is 23.2 Å². The van der Waals surface area contributed by atoms with Crippen LogP contribution in [-0.4, -0.2) is 50.5 Å². The lowest BCUT2D eigenvalue weighted by Crippen LogP contribution is -2.52. The van der Waals surface area contributed by atoms with Gasteiger partial charge in [0.25, 0.3) is 0 Å². The van der Waals surface area contributed by atoms with Crippen LogP contribution in [0.5, 0.6) is 0 Å². The average molecular weight is 546 g/mol. The lowest BCUT2D eigenvalue weighted by molar-refractivity contribution is -0.140. The molecule has 0 saturated carbocycles. The molecule has 0 aliphatic carbocycles. The number of hydrogen-bond acceptors (Lipinski definition) is 4. The van der Waals surface area contributed by atoms with Crippen LogP contribution in [0.1, 0.15) is 38.7 Å². The lowest BCUT2D eigenvalue weighted by Gasteiger charge is -2.33. The molecule has 35 heavy (non-hydrogen) atoms. The summed E-state index contributed by atoms with van der Waals surface area (Å²) in [7, 11) is -3.94. The molecule has 7 nitrogen and oxygen atoms in total. The summed E-state index contributed by atoms with van der Waals surface area (Å²) >= 11 is 12.1. The van der Waals surface area contributed by atoms with E-state index >= 15 is 0 Å². The van der Waals surface area contributed by atoms with E-state index in [1.54, 1.807) is 25.1 Å². The first-order valence-electron chi connectivity index (χ1n) is 11.2. The molecule has 0 spiro atoms. The molecule has 0 radical (unpaired) electrons. The molecule has 0 saturated heterocycles. The molecule has 0 heterocycles. The van der Waals surface area contributed by atoms with Crippen molar-refractivity contribution in [2.45, 2.75) is 45.7 Å². The van der Waals surface area contributed by atoms with E-state index in [1.165, 1.54) is 23.1 Å². The van der Waals surface area contributed by atoms with Crippen molar-refractivity contribution in [3.05, 3.63) is 63.9 Å². The van der Waals surface area contributed by atoms with Crippen LogP contribution in [0.4, 0.5) is 10.1 Å². The summed E-state index contributed by atoms with van der Waals surface area (Å²) in [4.78, 5) is 27.8. The van der Waals surface area contributed by atoms with E-state index < -0.39 is 34.3 Å². The predicted molar refractivity (Wildman–Crippen MR) is 138 cm³/mol. The van der Waals surface area contributed by atoms with Crippen LogP contribution in [0.3, 0.4) is 0 Å². The van der Waals surface area contributed by atoms with Crippen molar-refractivity contribution >= 4 is 50.7 Å². The normalized spacial score (nSPS) is 12.2. The molecule has 0 aromatic heterocycles. The summed E-state index contributed by atoms with van der Waals surface area (Å²) in [6, 6.07) is 8.96. The van der Waals surface area contributed by atoms with Crippen molar-refractivity contribution in [1.82, 2.24) is 10.2 Å². The van der Waals surface area contributed by atoms with Crippen molar-refractivity contribution < 1.29 is 22.4 Å². The Labute approximate surface area is 216 Å². The molecular formula is C24H30Cl2FN3O4S. The third kappa shape index (κ3) is 8.37. The van der Waals surface area contributed by atoms with Crippen molar-refractivity contribution in [3.8, 4) is 0 Å². The fourth-order valence-corrected chi connectivity index (χ4v) is 4.67. The zero-order valence-electron chi connectivity index (χ0n) is 19.9. The monoisotopic (exact) mass is 545 g/mol.